The summed E-state index contributed by atoms with van der Waals surface area (Å²) in [6.07, 6.45) is 2.04. The maximum absolute atomic E-state index is 12.4. The fraction of sp³-hybridized carbons (Fsp3) is 0.308. The van der Waals surface area contributed by atoms with Crippen LogP contribution in [0.3, 0.4) is 0 Å². The van der Waals surface area contributed by atoms with Crippen molar-refractivity contribution in [1.29, 1.82) is 0 Å². The van der Waals surface area contributed by atoms with Crippen LogP contribution in [0.5, 0.6) is 0 Å². The number of aryl methyl sites for hydroxylation is 1. The Morgan fingerprint density at radius 1 is 1.35 bits per heavy atom. The van der Waals surface area contributed by atoms with Gasteiger partial charge in [0.15, 0.2) is 5.82 Å². The van der Waals surface area contributed by atoms with Crippen molar-refractivity contribution in [3.63, 3.8) is 0 Å². The lowest BCUT2D eigenvalue weighted by atomic mass is 10.1. The summed E-state index contributed by atoms with van der Waals surface area (Å²) in [6, 6.07) is 9.15. The van der Waals surface area contributed by atoms with Gasteiger partial charge in [-0.25, -0.2) is 13.1 Å². The van der Waals surface area contributed by atoms with Gasteiger partial charge in [-0.1, -0.05) is 37.3 Å². The van der Waals surface area contributed by atoms with E-state index in [0.717, 1.165) is 5.56 Å². The Labute approximate surface area is 118 Å². The first-order valence-corrected chi connectivity index (χ1v) is 7.78. The van der Waals surface area contributed by atoms with E-state index in [-0.39, 0.29) is 16.8 Å². The highest BCUT2D eigenvalue weighted by atomic mass is 32.2. The number of nitrogens with two attached hydrogens (primary N) is 1. The summed E-state index contributed by atoms with van der Waals surface area (Å²) < 4.78 is 28.8. The first-order chi connectivity index (χ1) is 9.44. The number of nitrogens with zero attached hydrogens (tertiary/aromatic N) is 2. The van der Waals surface area contributed by atoms with Crippen molar-refractivity contribution in [3.8, 4) is 0 Å². The minimum Gasteiger partial charge on any atom is -0.381 e. The Morgan fingerprint density at radius 3 is 2.50 bits per heavy atom. The van der Waals surface area contributed by atoms with Crippen LogP contribution in [0.1, 0.15) is 24.9 Å². The van der Waals surface area contributed by atoms with E-state index in [2.05, 4.69) is 9.82 Å². The summed E-state index contributed by atoms with van der Waals surface area (Å²) in [4.78, 5) is 0.00869. The van der Waals surface area contributed by atoms with Crippen LogP contribution < -0.4 is 10.5 Å². The van der Waals surface area contributed by atoms with Gasteiger partial charge in [-0.3, -0.25) is 4.68 Å². The molecule has 0 aliphatic heterocycles. The second kappa shape index (κ2) is 5.64. The zero-order valence-electron chi connectivity index (χ0n) is 11.4. The van der Waals surface area contributed by atoms with Crippen molar-refractivity contribution in [1.82, 2.24) is 14.5 Å². The molecule has 0 saturated carbocycles. The molecule has 0 bridgehead atoms. The molecule has 0 saturated heterocycles. The third-order valence-electron chi connectivity index (χ3n) is 3.02. The molecule has 0 fully saturated rings. The Morgan fingerprint density at radius 2 is 2.00 bits per heavy atom. The monoisotopic (exact) mass is 294 g/mol. The number of benzene rings is 1. The molecule has 20 heavy (non-hydrogen) atoms. The summed E-state index contributed by atoms with van der Waals surface area (Å²) in [7, 11) is -2.06. The topological polar surface area (TPSA) is 90.0 Å². The van der Waals surface area contributed by atoms with Gasteiger partial charge in [-0.05, 0) is 12.0 Å². The fourth-order valence-corrected chi connectivity index (χ4v) is 3.43. The van der Waals surface area contributed by atoms with Gasteiger partial charge >= 0.3 is 0 Å². The van der Waals surface area contributed by atoms with Gasteiger partial charge in [0.1, 0.15) is 4.90 Å². The molecule has 2 aromatic rings. The largest absolute Gasteiger partial charge is 0.381 e. The van der Waals surface area contributed by atoms with Gasteiger partial charge < -0.3 is 5.73 Å². The maximum Gasteiger partial charge on any atom is 0.246 e. The van der Waals surface area contributed by atoms with Crippen LogP contribution in [0.25, 0.3) is 0 Å². The van der Waals surface area contributed by atoms with Gasteiger partial charge in [0.25, 0.3) is 0 Å². The SMILES string of the molecule is CCC(NS(=O)(=O)c1cn(C)nc1N)c1ccccc1. The van der Waals surface area contributed by atoms with Crippen LogP contribution in [0, 0.1) is 0 Å². The van der Waals surface area contributed by atoms with E-state index in [9.17, 15) is 8.42 Å². The molecule has 1 aromatic carbocycles. The van der Waals surface area contributed by atoms with Gasteiger partial charge in [-0.2, -0.15) is 5.10 Å². The van der Waals surface area contributed by atoms with Crippen LogP contribution in [0.2, 0.25) is 0 Å². The zero-order chi connectivity index (χ0) is 14.8. The lowest BCUT2D eigenvalue weighted by molar-refractivity contribution is 0.550. The molecule has 1 atom stereocenters. The van der Waals surface area contributed by atoms with E-state index < -0.39 is 10.0 Å². The minimum absolute atomic E-state index is 0.00270. The van der Waals surface area contributed by atoms with Crippen LogP contribution in [-0.2, 0) is 17.1 Å². The molecule has 0 amide bonds. The van der Waals surface area contributed by atoms with E-state index in [1.807, 2.05) is 37.3 Å². The Bertz CT molecular complexity index is 680. The molecule has 1 aromatic heterocycles. The third kappa shape index (κ3) is 3.00. The molecule has 1 heterocycles. The quantitative estimate of drug-likeness (QED) is 0.873. The van der Waals surface area contributed by atoms with Crippen molar-refractivity contribution in [3.05, 3.63) is 42.1 Å². The van der Waals surface area contributed by atoms with E-state index in [1.54, 1.807) is 7.05 Å². The number of aromatic nitrogens is 2. The Hall–Kier alpha value is -1.86. The highest BCUT2D eigenvalue weighted by Gasteiger charge is 2.24. The predicted molar refractivity (Wildman–Crippen MR) is 77.4 cm³/mol. The van der Waals surface area contributed by atoms with E-state index in [4.69, 9.17) is 5.73 Å². The number of anilines is 1. The number of rotatable bonds is 5. The number of nitrogens with one attached hydrogen (secondary N) is 1. The minimum atomic E-state index is -3.69. The van der Waals surface area contributed by atoms with Crippen LogP contribution in [-0.4, -0.2) is 18.2 Å². The van der Waals surface area contributed by atoms with Gasteiger partial charge in [0.2, 0.25) is 10.0 Å². The first-order valence-electron chi connectivity index (χ1n) is 6.30. The highest BCUT2D eigenvalue weighted by molar-refractivity contribution is 7.89. The van der Waals surface area contributed by atoms with Gasteiger partial charge in [-0.15, -0.1) is 0 Å². The van der Waals surface area contributed by atoms with Crippen molar-refractivity contribution in [2.75, 3.05) is 5.73 Å². The second-order valence-electron chi connectivity index (χ2n) is 4.55. The molecule has 1 unspecified atom stereocenters. The highest BCUT2D eigenvalue weighted by Crippen LogP contribution is 2.22. The molecule has 0 radical (unpaired) electrons. The molecule has 108 valence electrons. The van der Waals surface area contributed by atoms with E-state index >= 15 is 0 Å². The molecule has 7 heteroatoms. The Balaban J connectivity index is 2.29. The van der Waals surface area contributed by atoms with Crippen LogP contribution in [0.4, 0.5) is 5.82 Å². The number of hydrogen-bond acceptors (Lipinski definition) is 4. The fourth-order valence-electron chi connectivity index (χ4n) is 2.01. The van der Waals surface area contributed by atoms with E-state index in [1.165, 1.54) is 10.9 Å². The average Bonchev–Trinajstić information content (AvgIpc) is 2.77. The molecule has 0 aliphatic carbocycles. The van der Waals surface area contributed by atoms with E-state index in [0.29, 0.717) is 6.42 Å². The standard InChI is InChI=1S/C13H18N4O2S/c1-3-11(10-7-5-4-6-8-10)16-20(18,19)12-9-17(2)15-13(12)14/h4-9,11,16H,3H2,1-2H3,(H2,14,15). The lowest BCUT2D eigenvalue weighted by Gasteiger charge is -2.17. The molecule has 2 rings (SSSR count). The smallest absolute Gasteiger partial charge is 0.246 e. The second-order valence-corrected chi connectivity index (χ2v) is 6.23. The van der Waals surface area contributed by atoms with Crippen molar-refractivity contribution < 1.29 is 8.42 Å². The Kier molecular flexibility index (Phi) is 4.10. The molecular weight excluding hydrogens is 276 g/mol. The molecule has 3 N–H and O–H groups in total. The third-order valence-corrected chi connectivity index (χ3v) is 4.51. The number of sulfonamides is 1. The average molecular weight is 294 g/mol. The molecule has 0 aliphatic rings. The van der Waals surface area contributed by atoms with Crippen molar-refractivity contribution >= 4 is 15.8 Å². The summed E-state index contributed by atoms with van der Waals surface area (Å²) in [5, 5.41) is 3.86. The lowest BCUT2D eigenvalue weighted by Crippen LogP contribution is -2.28. The number of nitrogen functional groups attached to an aromatic ring is 1. The summed E-state index contributed by atoms with van der Waals surface area (Å²) in [5.41, 5.74) is 6.55. The van der Waals surface area contributed by atoms with Crippen molar-refractivity contribution in [2.45, 2.75) is 24.3 Å². The van der Waals surface area contributed by atoms with Crippen LogP contribution in [0.15, 0.2) is 41.4 Å². The van der Waals surface area contributed by atoms with Gasteiger partial charge in [0, 0.05) is 19.3 Å². The number of hydrogen-bond donors (Lipinski definition) is 2. The predicted octanol–water partition coefficient (Wildman–Crippen LogP) is 1.43. The van der Waals surface area contributed by atoms with Gasteiger partial charge in [0.05, 0.1) is 0 Å². The maximum atomic E-state index is 12.4. The molecule has 6 nitrogen and oxygen atoms in total. The normalized spacial score (nSPS) is 13.3. The summed E-state index contributed by atoms with van der Waals surface area (Å²) >= 11 is 0. The molecule has 0 spiro atoms. The first kappa shape index (κ1) is 14.5. The van der Waals surface area contributed by atoms with Crippen LogP contribution >= 0.6 is 0 Å². The zero-order valence-corrected chi connectivity index (χ0v) is 12.3. The summed E-state index contributed by atoms with van der Waals surface area (Å²) in [6.45, 7) is 1.92. The molecular formula is C13H18N4O2S. The van der Waals surface area contributed by atoms with Crippen molar-refractivity contribution in [2.24, 2.45) is 7.05 Å². The summed E-state index contributed by atoms with van der Waals surface area (Å²) in [5.74, 6) is 0.00270.